The highest BCUT2D eigenvalue weighted by molar-refractivity contribution is 14.1. The molecule has 0 heterocycles. The van der Waals surface area contributed by atoms with Gasteiger partial charge in [0.05, 0.1) is 20.1 Å². The summed E-state index contributed by atoms with van der Waals surface area (Å²) in [5.74, 6) is 2.88. The number of nitrogens with zero attached hydrogens (tertiary/aromatic N) is 1. The van der Waals surface area contributed by atoms with Gasteiger partial charge in [0.2, 0.25) is 0 Å². The third kappa shape index (κ3) is 6.65. The third-order valence-electron chi connectivity index (χ3n) is 2.73. The summed E-state index contributed by atoms with van der Waals surface area (Å²) in [4.78, 5) is 0. The molecule has 1 unspecified atom stereocenters. The van der Waals surface area contributed by atoms with E-state index in [4.69, 9.17) is 6.42 Å². The number of halogens is 2. The first-order valence-corrected chi connectivity index (χ1v) is 6.79. The highest BCUT2D eigenvalue weighted by Crippen LogP contribution is 2.19. The second-order valence-corrected chi connectivity index (χ2v) is 5.32. The van der Waals surface area contributed by atoms with Crippen molar-refractivity contribution >= 4 is 22.6 Å². The molecule has 0 aromatic rings. The number of unbranched alkanes of at least 4 members (excludes halogenated alkanes) is 2. The largest absolute Gasteiger partial charge is 1.00 e. The van der Waals surface area contributed by atoms with Crippen LogP contribution in [0, 0.1) is 12.3 Å². The van der Waals surface area contributed by atoms with Crippen LogP contribution in [0.1, 0.15) is 39.5 Å². The fourth-order valence-corrected chi connectivity index (χ4v) is 2.11. The van der Waals surface area contributed by atoms with Gasteiger partial charge in [-0.2, -0.15) is 0 Å². The van der Waals surface area contributed by atoms with Crippen molar-refractivity contribution in [1.82, 2.24) is 0 Å². The van der Waals surface area contributed by atoms with Crippen LogP contribution in [0.3, 0.4) is 0 Å². The molecule has 1 atom stereocenters. The zero-order valence-electron chi connectivity index (χ0n) is 10.1. The summed E-state index contributed by atoms with van der Waals surface area (Å²) in [5, 5.41) is 0. The summed E-state index contributed by atoms with van der Waals surface area (Å²) in [5.41, 5.74) is 0. The first kappa shape index (κ1) is 17.9. The van der Waals surface area contributed by atoms with Gasteiger partial charge in [-0.05, 0) is 18.8 Å². The first-order valence-electron chi connectivity index (χ1n) is 5.55. The maximum atomic E-state index is 5.53. The number of hydrogen-bond donors (Lipinski definition) is 0. The zero-order valence-corrected chi connectivity index (χ0v) is 13.0. The van der Waals surface area contributed by atoms with E-state index >= 15 is 0 Å². The molecule has 0 bridgehead atoms. The van der Waals surface area contributed by atoms with E-state index in [0.717, 1.165) is 4.48 Å². The molecule has 0 aromatic carbocycles. The molecule has 0 spiro atoms. The Labute approximate surface area is 115 Å². The maximum absolute atomic E-state index is 5.53. The molecule has 0 aliphatic heterocycles. The van der Waals surface area contributed by atoms with Crippen molar-refractivity contribution in [3.05, 3.63) is 0 Å². The summed E-state index contributed by atoms with van der Waals surface area (Å²) >= 11 is 2.40. The van der Waals surface area contributed by atoms with Gasteiger partial charge in [-0.15, -0.1) is 6.42 Å². The summed E-state index contributed by atoms with van der Waals surface area (Å²) in [6.45, 7) is 6.91. The summed E-state index contributed by atoms with van der Waals surface area (Å²) in [7, 11) is 2.29. The lowest BCUT2D eigenvalue weighted by Gasteiger charge is -2.36. The number of rotatable bonds is 7. The highest BCUT2D eigenvalue weighted by atomic mass is 127. The summed E-state index contributed by atoms with van der Waals surface area (Å²) in [6.07, 6.45) is 10.6. The van der Waals surface area contributed by atoms with Crippen molar-refractivity contribution in [2.24, 2.45) is 0 Å². The molecule has 0 rings (SSSR count). The van der Waals surface area contributed by atoms with Crippen LogP contribution in [0.25, 0.3) is 0 Å². The molecule has 0 saturated carbocycles. The smallest absolute Gasteiger partial charge is 0.200 e. The van der Waals surface area contributed by atoms with Gasteiger partial charge in [0, 0.05) is 22.6 Å². The SMILES string of the molecule is C#CC(I)[N+](C)(CCCC)CCCC.[Cl-]. The van der Waals surface area contributed by atoms with Crippen molar-refractivity contribution in [2.45, 2.75) is 43.6 Å². The normalized spacial score (nSPS) is 12.7. The van der Waals surface area contributed by atoms with Crippen molar-refractivity contribution in [3.63, 3.8) is 0 Å². The Balaban J connectivity index is 0. The van der Waals surface area contributed by atoms with E-state index in [1.807, 2.05) is 0 Å². The minimum Gasteiger partial charge on any atom is -1.00 e. The van der Waals surface area contributed by atoms with Crippen LogP contribution in [-0.4, -0.2) is 28.7 Å². The molecule has 90 valence electrons. The molecule has 1 nitrogen and oxygen atoms in total. The minimum atomic E-state index is 0. The number of alkyl halides is 1. The van der Waals surface area contributed by atoms with Crippen LogP contribution in [0.15, 0.2) is 0 Å². The van der Waals surface area contributed by atoms with Gasteiger partial charge in [0.15, 0.2) is 4.05 Å². The fraction of sp³-hybridized carbons (Fsp3) is 0.833. The second-order valence-electron chi connectivity index (χ2n) is 4.14. The van der Waals surface area contributed by atoms with E-state index in [2.05, 4.69) is 49.4 Å². The molecule has 0 aromatic heterocycles. The lowest BCUT2D eigenvalue weighted by Crippen LogP contribution is -3.00. The Hall–Kier alpha value is 0.540. The van der Waals surface area contributed by atoms with Crippen molar-refractivity contribution in [1.29, 1.82) is 0 Å². The molecule has 0 radical (unpaired) electrons. The van der Waals surface area contributed by atoms with Gasteiger partial charge >= 0.3 is 0 Å². The molecule has 0 aliphatic rings. The van der Waals surface area contributed by atoms with E-state index < -0.39 is 0 Å². The van der Waals surface area contributed by atoms with Gasteiger partial charge in [-0.3, -0.25) is 0 Å². The van der Waals surface area contributed by atoms with Gasteiger partial charge in [0.25, 0.3) is 0 Å². The monoisotopic (exact) mass is 343 g/mol. The minimum absolute atomic E-state index is 0. The van der Waals surface area contributed by atoms with Crippen LogP contribution in [-0.2, 0) is 0 Å². The quantitative estimate of drug-likeness (QED) is 0.207. The Morgan fingerprint density at radius 2 is 1.60 bits per heavy atom. The topological polar surface area (TPSA) is 0 Å². The number of hydrogen-bond acceptors (Lipinski definition) is 0. The van der Waals surface area contributed by atoms with Crippen LogP contribution < -0.4 is 12.4 Å². The zero-order chi connectivity index (χ0) is 11.0. The average molecular weight is 344 g/mol. The number of quaternary nitrogens is 1. The van der Waals surface area contributed by atoms with Gasteiger partial charge in [-0.1, -0.05) is 26.7 Å². The molecule has 0 saturated heterocycles. The Morgan fingerprint density at radius 1 is 1.20 bits per heavy atom. The average Bonchev–Trinajstić information content (AvgIpc) is 2.22. The molecule has 0 amide bonds. The van der Waals surface area contributed by atoms with E-state index in [-0.39, 0.29) is 12.4 Å². The van der Waals surface area contributed by atoms with Crippen LogP contribution in [0.2, 0.25) is 0 Å². The summed E-state index contributed by atoms with van der Waals surface area (Å²) < 4.78 is 1.37. The molecule has 0 aliphatic carbocycles. The molecule has 0 N–H and O–H groups in total. The fourth-order valence-electron chi connectivity index (χ4n) is 1.56. The maximum Gasteiger partial charge on any atom is 0.200 e. The van der Waals surface area contributed by atoms with E-state index in [1.165, 1.54) is 38.8 Å². The second kappa shape index (κ2) is 9.74. The van der Waals surface area contributed by atoms with Gasteiger partial charge < -0.3 is 16.9 Å². The van der Waals surface area contributed by atoms with Crippen LogP contribution in [0.5, 0.6) is 0 Å². The first-order chi connectivity index (χ1) is 6.60. The van der Waals surface area contributed by atoms with Crippen molar-refractivity contribution in [3.8, 4) is 12.3 Å². The van der Waals surface area contributed by atoms with Gasteiger partial charge in [-0.25, -0.2) is 0 Å². The number of terminal acetylenes is 1. The van der Waals surface area contributed by atoms with E-state index in [0.29, 0.717) is 4.05 Å². The van der Waals surface area contributed by atoms with Crippen LogP contribution in [0.4, 0.5) is 0 Å². The molecular formula is C12H23ClIN. The van der Waals surface area contributed by atoms with E-state index in [9.17, 15) is 0 Å². The lowest BCUT2D eigenvalue weighted by atomic mass is 10.2. The molecule has 3 heteroatoms. The predicted molar refractivity (Wildman–Crippen MR) is 72.4 cm³/mol. The van der Waals surface area contributed by atoms with E-state index in [1.54, 1.807) is 0 Å². The van der Waals surface area contributed by atoms with Crippen molar-refractivity contribution < 1.29 is 16.9 Å². The molecule has 0 fully saturated rings. The lowest BCUT2D eigenvalue weighted by molar-refractivity contribution is -0.908. The molecule has 15 heavy (non-hydrogen) atoms. The van der Waals surface area contributed by atoms with Crippen LogP contribution >= 0.6 is 22.6 Å². The summed E-state index contributed by atoms with van der Waals surface area (Å²) in [6, 6.07) is 0. The predicted octanol–water partition coefficient (Wildman–Crippen LogP) is 0.432. The standard InChI is InChI=1S/C12H23IN.ClH/c1-5-8-10-14(4,11-9-6-2)12(13)7-3;/h3,12H,5-6,8-11H2,1-2,4H3;1H/q+1;/p-1. The highest BCUT2D eigenvalue weighted by Gasteiger charge is 2.27. The molecular weight excluding hydrogens is 320 g/mol. The third-order valence-corrected chi connectivity index (χ3v) is 4.43. The Kier molecular flexibility index (Phi) is 11.6. The van der Waals surface area contributed by atoms with Crippen molar-refractivity contribution in [2.75, 3.05) is 20.1 Å². The Bertz CT molecular complexity index is 181. The van der Waals surface area contributed by atoms with Gasteiger partial charge in [0.1, 0.15) is 0 Å². The Morgan fingerprint density at radius 3 is 1.87 bits per heavy atom.